The molecular weight excluding hydrogens is 278 g/mol. The van der Waals surface area contributed by atoms with Crippen LogP contribution in [0.1, 0.15) is 17.5 Å². The monoisotopic (exact) mass is 297 g/mol. The Morgan fingerprint density at radius 2 is 1.85 bits per heavy atom. The fourth-order valence-electron chi connectivity index (χ4n) is 2.50. The maximum Gasteiger partial charge on any atom is 0.244 e. The number of sulfonamides is 1. The van der Waals surface area contributed by atoms with E-state index in [1.54, 1.807) is 26.0 Å². The number of carbonyl (C=O) groups excluding carboxylic acids is 1. The number of hydrogen-bond acceptors (Lipinski definition) is 4. The number of nitrogens with one attached hydrogen (secondary N) is 1. The first kappa shape index (κ1) is 14.8. The van der Waals surface area contributed by atoms with Gasteiger partial charge in [0.2, 0.25) is 15.9 Å². The summed E-state index contributed by atoms with van der Waals surface area (Å²) in [6.45, 7) is 4.14. The van der Waals surface area contributed by atoms with E-state index in [2.05, 4.69) is 5.32 Å². The van der Waals surface area contributed by atoms with E-state index in [9.17, 15) is 13.2 Å². The van der Waals surface area contributed by atoms with Crippen LogP contribution < -0.4 is 11.1 Å². The SMILES string of the molecule is Cc1cc(N)cc(C)c1S(=O)(=O)N1CCCNC(=O)C1. The van der Waals surface area contributed by atoms with Crippen LogP contribution in [0.2, 0.25) is 0 Å². The zero-order valence-corrected chi connectivity index (χ0v) is 12.5. The van der Waals surface area contributed by atoms with E-state index in [1.165, 1.54) is 4.31 Å². The Hall–Kier alpha value is -1.60. The van der Waals surface area contributed by atoms with Gasteiger partial charge in [-0.25, -0.2) is 8.42 Å². The second-order valence-electron chi connectivity index (χ2n) is 5.03. The minimum Gasteiger partial charge on any atom is -0.399 e. The van der Waals surface area contributed by atoms with Crippen molar-refractivity contribution in [3.63, 3.8) is 0 Å². The third kappa shape index (κ3) is 2.78. The molecule has 20 heavy (non-hydrogen) atoms. The normalized spacial score (nSPS) is 17.6. The first-order chi connectivity index (χ1) is 9.32. The van der Waals surface area contributed by atoms with Gasteiger partial charge in [0.25, 0.3) is 0 Å². The van der Waals surface area contributed by atoms with E-state index in [1.807, 2.05) is 0 Å². The largest absolute Gasteiger partial charge is 0.399 e. The van der Waals surface area contributed by atoms with Crippen molar-refractivity contribution in [2.24, 2.45) is 0 Å². The van der Waals surface area contributed by atoms with Crippen LogP contribution >= 0.6 is 0 Å². The van der Waals surface area contributed by atoms with Crippen molar-refractivity contribution in [3.05, 3.63) is 23.3 Å². The van der Waals surface area contributed by atoms with Crippen LogP contribution in [0.4, 0.5) is 5.69 Å². The summed E-state index contributed by atoms with van der Waals surface area (Å²) >= 11 is 0. The number of carbonyl (C=O) groups is 1. The van der Waals surface area contributed by atoms with Crippen molar-refractivity contribution in [3.8, 4) is 0 Å². The van der Waals surface area contributed by atoms with E-state index in [0.29, 0.717) is 36.3 Å². The molecule has 1 heterocycles. The lowest BCUT2D eigenvalue weighted by Crippen LogP contribution is -2.37. The van der Waals surface area contributed by atoms with Crippen molar-refractivity contribution < 1.29 is 13.2 Å². The van der Waals surface area contributed by atoms with Crippen LogP contribution in [0.5, 0.6) is 0 Å². The highest BCUT2D eigenvalue weighted by molar-refractivity contribution is 7.89. The molecule has 110 valence electrons. The van der Waals surface area contributed by atoms with Gasteiger partial charge in [-0.2, -0.15) is 4.31 Å². The van der Waals surface area contributed by atoms with Gasteiger partial charge in [0.15, 0.2) is 0 Å². The van der Waals surface area contributed by atoms with Gasteiger partial charge in [0, 0.05) is 18.8 Å². The molecule has 1 fully saturated rings. The average Bonchev–Trinajstić information content (AvgIpc) is 2.52. The van der Waals surface area contributed by atoms with Gasteiger partial charge >= 0.3 is 0 Å². The first-order valence-electron chi connectivity index (χ1n) is 6.46. The molecule has 0 unspecified atom stereocenters. The number of aryl methyl sites for hydroxylation is 2. The van der Waals surface area contributed by atoms with Crippen molar-refractivity contribution in [1.29, 1.82) is 0 Å². The standard InChI is InChI=1S/C13H19N3O3S/c1-9-6-11(14)7-10(2)13(9)20(18,19)16-5-3-4-15-12(17)8-16/h6-7H,3-5,8,14H2,1-2H3,(H,15,17). The van der Waals surface area contributed by atoms with Gasteiger partial charge in [0.05, 0.1) is 11.4 Å². The zero-order valence-electron chi connectivity index (χ0n) is 11.6. The fourth-order valence-corrected chi connectivity index (χ4v) is 4.35. The topological polar surface area (TPSA) is 92.5 Å². The Morgan fingerprint density at radius 1 is 1.25 bits per heavy atom. The van der Waals surface area contributed by atoms with Gasteiger partial charge in [-0.3, -0.25) is 4.79 Å². The summed E-state index contributed by atoms with van der Waals surface area (Å²) in [6, 6.07) is 3.27. The smallest absolute Gasteiger partial charge is 0.244 e. The molecule has 1 aliphatic rings. The highest BCUT2D eigenvalue weighted by Crippen LogP contribution is 2.26. The second-order valence-corrected chi connectivity index (χ2v) is 6.90. The average molecular weight is 297 g/mol. The molecule has 0 atom stereocenters. The van der Waals surface area contributed by atoms with Crippen LogP contribution in [-0.2, 0) is 14.8 Å². The summed E-state index contributed by atoms with van der Waals surface area (Å²) in [7, 11) is -3.68. The van der Waals surface area contributed by atoms with Crippen molar-refractivity contribution in [2.45, 2.75) is 25.2 Å². The van der Waals surface area contributed by atoms with E-state index in [4.69, 9.17) is 5.73 Å². The van der Waals surface area contributed by atoms with Crippen LogP contribution in [0, 0.1) is 13.8 Å². The molecule has 6 nitrogen and oxygen atoms in total. The third-order valence-corrected chi connectivity index (χ3v) is 5.46. The number of nitrogens with zero attached hydrogens (tertiary/aromatic N) is 1. The maximum absolute atomic E-state index is 12.7. The predicted molar refractivity (Wildman–Crippen MR) is 76.7 cm³/mol. The second kappa shape index (κ2) is 5.41. The van der Waals surface area contributed by atoms with Crippen LogP contribution in [0.15, 0.2) is 17.0 Å². The highest BCUT2D eigenvalue weighted by Gasteiger charge is 2.30. The third-order valence-electron chi connectivity index (χ3n) is 3.31. The Labute approximate surface area is 119 Å². The molecule has 1 aromatic rings. The van der Waals surface area contributed by atoms with E-state index in [0.717, 1.165) is 0 Å². The number of amides is 1. The van der Waals surface area contributed by atoms with E-state index >= 15 is 0 Å². The molecule has 0 aliphatic carbocycles. The summed E-state index contributed by atoms with van der Waals surface area (Å²) < 4.78 is 26.7. The Balaban J connectivity index is 2.47. The molecule has 7 heteroatoms. The molecular formula is C13H19N3O3S. The molecule has 1 saturated heterocycles. The van der Waals surface area contributed by atoms with Gasteiger partial charge in [-0.1, -0.05) is 0 Å². The Bertz CT molecular complexity index is 617. The van der Waals surface area contributed by atoms with Gasteiger partial charge in [0.1, 0.15) is 0 Å². The molecule has 1 aromatic carbocycles. The minimum absolute atomic E-state index is 0.133. The zero-order chi connectivity index (χ0) is 14.9. The summed E-state index contributed by atoms with van der Waals surface area (Å²) in [5, 5.41) is 2.67. The maximum atomic E-state index is 12.7. The van der Waals surface area contributed by atoms with E-state index < -0.39 is 10.0 Å². The number of nitrogen functional groups attached to an aromatic ring is 1. The molecule has 0 saturated carbocycles. The molecule has 0 bridgehead atoms. The highest BCUT2D eigenvalue weighted by atomic mass is 32.2. The molecule has 1 aliphatic heterocycles. The van der Waals surface area contributed by atoms with Crippen molar-refractivity contribution >= 4 is 21.6 Å². The lowest BCUT2D eigenvalue weighted by atomic mass is 10.1. The minimum atomic E-state index is -3.68. The first-order valence-corrected chi connectivity index (χ1v) is 7.90. The number of anilines is 1. The van der Waals surface area contributed by atoms with Gasteiger partial charge in [-0.05, 0) is 43.5 Å². The molecule has 0 aromatic heterocycles. The lowest BCUT2D eigenvalue weighted by molar-refractivity contribution is -0.120. The number of hydrogen-bond donors (Lipinski definition) is 2. The molecule has 3 N–H and O–H groups in total. The lowest BCUT2D eigenvalue weighted by Gasteiger charge is -2.21. The summed E-state index contributed by atoms with van der Waals surface area (Å²) in [5.74, 6) is -0.267. The van der Waals surface area contributed by atoms with Crippen LogP contribution in [0.25, 0.3) is 0 Å². The summed E-state index contributed by atoms with van der Waals surface area (Å²) in [5.41, 5.74) is 7.47. The number of nitrogens with two attached hydrogens (primary N) is 1. The number of rotatable bonds is 2. The Kier molecular flexibility index (Phi) is 4.01. The quantitative estimate of drug-likeness (QED) is 0.773. The summed E-state index contributed by atoms with van der Waals surface area (Å²) in [6.07, 6.45) is 0.609. The Morgan fingerprint density at radius 3 is 2.45 bits per heavy atom. The molecule has 1 amide bonds. The van der Waals surface area contributed by atoms with Crippen LogP contribution in [0.3, 0.4) is 0 Å². The van der Waals surface area contributed by atoms with Gasteiger partial charge in [-0.15, -0.1) is 0 Å². The van der Waals surface area contributed by atoms with Crippen LogP contribution in [-0.4, -0.2) is 38.3 Å². The van der Waals surface area contributed by atoms with Gasteiger partial charge < -0.3 is 11.1 Å². The van der Waals surface area contributed by atoms with E-state index in [-0.39, 0.29) is 17.3 Å². The van der Waals surface area contributed by atoms with Crippen molar-refractivity contribution in [2.75, 3.05) is 25.4 Å². The molecule has 2 rings (SSSR count). The molecule has 0 radical (unpaired) electrons. The molecule has 0 spiro atoms. The summed E-state index contributed by atoms with van der Waals surface area (Å²) in [4.78, 5) is 11.8. The van der Waals surface area contributed by atoms with Crippen molar-refractivity contribution in [1.82, 2.24) is 9.62 Å². The number of benzene rings is 1. The fraction of sp³-hybridized carbons (Fsp3) is 0.462. The predicted octanol–water partition coefficient (Wildman–Crippen LogP) is 0.396.